The van der Waals surface area contributed by atoms with Gasteiger partial charge in [-0.15, -0.1) is 0 Å². The summed E-state index contributed by atoms with van der Waals surface area (Å²) in [5.41, 5.74) is 1.23. The number of amides is 1. The number of piperidine rings is 1. The highest BCUT2D eigenvalue weighted by Crippen LogP contribution is 2.27. The molecule has 7 heteroatoms. The summed E-state index contributed by atoms with van der Waals surface area (Å²) in [6.45, 7) is 0.941. The lowest BCUT2D eigenvalue weighted by molar-refractivity contribution is -0.122. The highest BCUT2D eigenvalue weighted by molar-refractivity contribution is 7.89. The Morgan fingerprint density at radius 2 is 1.79 bits per heavy atom. The van der Waals surface area contributed by atoms with Crippen LogP contribution in [0.2, 0.25) is 0 Å². The first-order chi connectivity index (χ1) is 14.0. The number of nitrogens with zero attached hydrogens (tertiary/aromatic N) is 1. The molecule has 1 saturated heterocycles. The van der Waals surface area contributed by atoms with Gasteiger partial charge < -0.3 is 5.32 Å². The molecule has 0 unspecified atom stereocenters. The van der Waals surface area contributed by atoms with Crippen LogP contribution in [0.25, 0.3) is 0 Å². The second-order valence-electron chi connectivity index (χ2n) is 7.36. The molecule has 0 bridgehead atoms. The van der Waals surface area contributed by atoms with E-state index in [1.807, 2.05) is 18.2 Å². The van der Waals surface area contributed by atoms with E-state index in [0.717, 1.165) is 37.8 Å². The molecule has 0 spiro atoms. The SMILES string of the molecule is O=C(C[C@H]1CCCCN1S(=O)(=O)c1ccc(F)cc1)NCCCc1ccccc1. The van der Waals surface area contributed by atoms with Gasteiger partial charge in [0.15, 0.2) is 0 Å². The molecule has 2 aromatic carbocycles. The van der Waals surface area contributed by atoms with Crippen LogP contribution in [0.1, 0.15) is 37.7 Å². The van der Waals surface area contributed by atoms with Crippen LogP contribution in [0.15, 0.2) is 59.5 Å². The van der Waals surface area contributed by atoms with Gasteiger partial charge in [-0.25, -0.2) is 12.8 Å². The Labute approximate surface area is 172 Å². The van der Waals surface area contributed by atoms with E-state index < -0.39 is 15.8 Å². The average molecular weight is 419 g/mol. The molecule has 1 amide bonds. The van der Waals surface area contributed by atoms with Crippen LogP contribution < -0.4 is 5.32 Å². The average Bonchev–Trinajstić information content (AvgIpc) is 2.73. The van der Waals surface area contributed by atoms with Crippen molar-refractivity contribution in [2.24, 2.45) is 0 Å². The zero-order chi connectivity index (χ0) is 20.7. The van der Waals surface area contributed by atoms with Crippen LogP contribution in [-0.4, -0.2) is 37.8 Å². The number of halogens is 1. The minimum atomic E-state index is -3.75. The third-order valence-corrected chi connectivity index (χ3v) is 7.19. The van der Waals surface area contributed by atoms with Gasteiger partial charge in [-0.1, -0.05) is 36.8 Å². The van der Waals surface area contributed by atoms with E-state index in [1.165, 1.54) is 22.0 Å². The Bertz CT molecular complexity index is 901. The molecule has 1 heterocycles. The maximum Gasteiger partial charge on any atom is 0.243 e. The van der Waals surface area contributed by atoms with Gasteiger partial charge >= 0.3 is 0 Å². The molecule has 29 heavy (non-hydrogen) atoms. The largest absolute Gasteiger partial charge is 0.356 e. The third kappa shape index (κ3) is 5.87. The Morgan fingerprint density at radius 3 is 2.52 bits per heavy atom. The highest BCUT2D eigenvalue weighted by atomic mass is 32.2. The molecule has 0 aliphatic carbocycles. The maximum atomic E-state index is 13.2. The Kier molecular flexibility index (Phi) is 7.39. The lowest BCUT2D eigenvalue weighted by atomic mass is 10.0. The first kappa shape index (κ1) is 21.5. The quantitative estimate of drug-likeness (QED) is 0.667. The number of rotatable bonds is 8. The molecular formula is C22H27FN2O3S. The third-order valence-electron chi connectivity index (χ3n) is 5.22. The fourth-order valence-corrected chi connectivity index (χ4v) is 5.38. The second kappa shape index (κ2) is 9.98. The maximum absolute atomic E-state index is 13.2. The van der Waals surface area contributed by atoms with Gasteiger partial charge in [-0.2, -0.15) is 4.31 Å². The number of sulfonamides is 1. The van der Waals surface area contributed by atoms with Gasteiger partial charge in [-0.05, 0) is 55.5 Å². The number of aryl methyl sites for hydroxylation is 1. The molecule has 1 aliphatic rings. The molecule has 2 aromatic rings. The molecule has 0 aromatic heterocycles. The van der Waals surface area contributed by atoms with E-state index in [-0.39, 0.29) is 23.3 Å². The number of nitrogens with one attached hydrogen (secondary N) is 1. The van der Waals surface area contributed by atoms with Gasteiger partial charge in [0.1, 0.15) is 5.82 Å². The molecular weight excluding hydrogens is 391 g/mol. The van der Waals surface area contributed by atoms with Crippen LogP contribution >= 0.6 is 0 Å². The lowest BCUT2D eigenvalue weighted by Crippen LogP contribution is -2.46. The van der Waals surface area contributed by atoms with Gasteiger partial charge in [-0.3, -0.25) is 4.79 Å². The molecule has 0 saturated carbocycles. The van der Waals surface area contributed by atoms with Crippen molar-refractivity contribution in [3.63, 3.8) is 0 Å². The fourth-order valence-electron chi connectivity index (χ4n) is 3.69. The number of benzene rings is 2. The number of hydrogen-bond acceptors (Lipinski definition) is 3. The first-order valence-corrected chi connectivity index (χ1v) is 11.5. The summed E-state index contributed by atoms with van der Waals surface area (Å²) in [5, 5.41) is 2.91. The molecule has 1 aliphatic heterocycles. The zero-order valence-electron chi connectivity index (χ0n) is 16.4. The topological polar surface area (TPSA) is 66.5 Å². The van der Waals surface area contributed by atoms with Crippen LogP contribution in [0.5, 0.6) is 0 Å². The van der Waals surface area contributed by atoms with Crippen molar-refractivity contribution < 1.29 is 17.6 Å². The summed E-state index contributed by atoms with van der Waals surface area (Å²) in [7, 11) is -3.75. The summed E-state index contributed by atoms with van der Waals surface area (Å²) in [6.07, 6.45) is 4.16. The minimum Gasteiger partial charge on any atom is -0.356 e. The molecule has 0 radical (unpaired) electrons. The van der Waals surface area contributed by atoms with Crippen molar-refractivity contribution in [1.29, 1.82) is 0 Å². The Balaban J connectivity index is 1.55. The van der Waals surface area contributed by atoms with Crippen molar-refractivity contribution in [2.75, 3.05) is 13.1 Å². The summed E-state index contributed by atoms with van der Waals surface area (Å²) in [5.74, 6) is -0.613. The predicted molar refractivity (Wildman–Crippen MR) is 110 cm³/mol. The second-order valence-corrected chi connectivity index (χ2v) is 9.25. The predicted octanol–water partition coefficient (Wildman–Crippen LogP) is 3.51. The van der Waals surface area contributed by atoms with E-state index >= 15 is 0 Å². The first-order valence-electron chi connectivity index (χ1n) is 10.0. The fraction of sp³-hybridized carbons (Fsp3) is 0.409. The molecule has 5 nitrogen and oxygen atoms in total. The van der Waals surface area contributed by atoms with Crippen LogP contribution in [-0.2, 0) is 21.2 Å². The van der Waals surface area contributed by atoms with E-state index in [2.05, 4.69) is 17.4 Å². The van der Waals surface area contributed by atoms with E-state index in [1.54, 1.807) is 0 Å². The summed E-state index contributed by atoms with van der Waals surface area (Å²) in [4.78, 5) is 12.5. The van der Waals surface area contributed by atoms with E-state index in [0.29, 0.717) is 19.5 Å². The molecule has 156 valence electrons. The standard InChI is InChI=1S/C22H27FN2O3S/c23-19-11-13-21(14-12-19)29(27,28)25-16-5-4-10-20(25)17-22(26)24-15-6-9-18-7-2-1-3-8-18/h1-3,7-8,11-14,20H,4-6,9-10,15-17H2,(H,24,26)/t20-/m1/s1. The lowest BCUT2D eigenvalue weighted by Gasteiger charge is -2.34. The molecule has 3 rings (SSSR count). The normalized spacial score (nSPS) is 17.8. The van der Waals surface area contributed by atoms with Crippen molar-refractivity contribution in [1.82, 2.24) is 9.62 Å². The monoisotopic (exact) mass is 418 g/mol. The smallest absolute Gasteiger partial charge is 0.243 e. The summed E-state index contributed by atoms with van der Waals surface area (Å²) in [6, 6.07) is 14.6. The van der Waals surface area contributed by atoms with Crippen LogP contribution in [0.3, 0.4) is 0 Å². The summed E-state index contributed by atoms with van der Waals surface area (Å²) < 4.78 is 40.5. The molecule has 1 N–H and O–H groups in total. The van der Waals surface area contributed by atoms with Gasteiger partial charge in [0.05, 0.1) is 4.90 Å². The number of carbonyl (C=O) groups excluding carboxylic acids is 1. The van der Waals surface area contributed by atoms with Gasteiger partial charge in [0.2, 0.25) is 15.9 Å². The van der Waals surface area contributed by atoms with Crippen molar-refractivity contribution >= 4 is 15.9 Å². The van der Waals surface area contributed by atoms with Crippen LogP contribution in [0.4, 0.5) is 4.39 Å². The van der Waals surface area contributed by atoms with E-state index in [9.17, 15) is 17.6 Å². The van der Waals surface area contributed by atoms with Crippen molar-refractivity contribution in [3.8, 4) is 0 Å². The van der Waals surface area contributed by atoms with Crippen molar-refractivity contribution in [2.45, 2.75) is 49.5 Å². The Hall–Kier alpha value is -2.25. The highest BCUT2D eigenvalue weighted by Gasteiger charge is 2.34. The minimum absolute atomic E-state index is 0.0640. The van der Waals surface area contributed by atoms with Gasteiger partial charge in [0, 0.05) is 25.6 Å². The zero-order valence-corrected chi connectivity index (χ0v) is 17.2. The molecule has 1 fully saturated rings. The Morgan fingerprint density at radius 1 is 1.07 bits per heavy atom. The van der Waals surface area contributed by atoms with E-state index in [4.69, 9.17) is 0 Å². The number of hydrogen-bond donors (Lipinski definition) is 1. The number of carbonyl (C=O) groups is 1. The van der Waals surface area contributed by atoms with Gasteiger partial charge in [0.25, 0.3) is 0 Å². The van der Waals surface area contributed by atoms with Crippen molar-refractivity contribution in [3.05, 3.63) is 66.0 Å². The van der Waals surface area contributed by atoms with Crippen LogP contribution in [0, 0.1) is 5.82 Å². The molecule has 1 atom stereocenters. The summed E-state index contributed by atoms with van der Waals surface area (Å²) >= 11 is 0.